The van der Waals surface area contributed by atoms with Crippen molar-refractivity contribution in [1.29, 1.82) is 0 Å². The van der Waals surface area contributed by atoms with Crippen LogP contribution >= 0.6 is 0 Å². The van der Waals surface area contributed by atoms with Gasteiger partial charge in [-0.1, -0.05) is 42.5 Å². The third-order valence-electron chi connectivity index (χ3n) is 5.69. The van der Waals surface area contributed by atoms with Crippen LogP contribution in [0.15, 0.2) is 42.5 Å². The fourth-order valence-corrected chi connectivity index (χ4v) is 4.19. The van der Waals surface area contributed by atoms with Crippen LogP contribution in [0.4, 0.5) is 0 Å². The van der Waals surface area contributed by atoms with Crippen molar-refractivity contribution in [1.82, 2.24) is 0 Å². The third kappa shape index (κ3) is 2.37. The quantitative estimate of drug-likeness (QED) is 0.884. The van der Waals surface area contributed by atoms with Crippen LogP contribution in [0.3, 0.4) is 0 Å². The lowest BCUT2D eigenvalue weighted by Gasteiger charge is -2.36. The van der Waals surface area contributed by atoms with E-state index in [1.807, 2.05) is 0 Å². The second-order valence-corrected chi connectivity index (χ2v) is 7.13. The zero-order valence-corrected chi connectivity index (χ0v) is 12.5. The summed E-state index contributed by atoms with van der Waals surface area (Å²) in [6, 6.07) is 15.9. The van der Waals surface area contributed by atoms with Gasteiger partial charge >= 0.3 is 0 Å². The molecule has 0 saturated heterocycles. The van der Waals surface area contributed by atoms with Crippen LogP contribution in [-0.4, -0.2) is 11.6 Å². The summed E-state index contributed by atoms with van der Waals surface area (Å²) in [6.45, 7) is 0. The monoisotopic (exact) mass is 280 g/mol. The Labute approximate surface area is 126 Å². The molecule has 2 nitrogen and oxygen atoms in total. The Morgan fingerprint density at radius 3 is 2.43 bits per heavy atom. The largest absolute Gasteiger partial charge is 0.328 e. The number of rotatable bonds is 2. The summed E-state index contributed by atoms with van der Waals surface area (Å²) < 4.78 is 0. The van der Waals surface area contributed by atoms with Gasteiger partial charge in [-0.15, -0.1) is 0 Å². The molecule has 2 aromatic carbocycles. The molecule has 110 valence electrons. The molecule has 0 aromatic heterocycles. The van der Waals surface area contributed by atoms with Crippen LogP contribution in [0.25, 0.3) is 10.8 Å². The first-order valence-corrected chi connectivity index (χ1v) is 8.19. The molecule has 2 aliphatic rings. The van der Waals surface area contributed by atoms with Gasteiger partial charge in [-0.25, -0.2) is 0 Å². The maximum absolute atomic E-state index is 6.71. The van der Waals surface area contributed by atoms with E-state index in [4.69, 9.17) is 11.5 Å². The topological polar surface area (TPSA) is 52.0 Å². The molecule has 4 rings (SSSR count). The summed E-state index contributed by atoms with van der Waals surface area (Å²) in [5.74, 6) is 1.32. The highest BCUT2D eigenvalue weighted by molar-refractivity contribution is 5.83. The van der Waals surface area contributed by atoms with Crippen molar-refractivity contribution in [3.63, 3.8) is 0 Å². The average Bonchev–Trinajstić information content (AvgIpc) is 3.31. The first-order chi connectivity index (χ1) is 10.2. The zero-order valence-electron chi connectivity index (χ0n) is 12.5. The lowest BCUT2D eigenvalue weighted by Crippen LogP contribution is -2.48. The molecule has 0 spiro atoms. The molecule has 2 saturated carbocycles. The van der Waals surface area contributed by atoms with Crippen molar-refractivity contribution in [2.75, 3.05) is 0 Å². The van der Waals surface area contributed by atoms with Gasteiger partial charge in [0.25, 0.3) is 0 Å². The van der Waals surface area contributed by atoms with Crippen molar-refractivity contribution in [3.8, 4) is 0 Å². The first kappa shape index (κ1) is 13.3. The molecule has 0 radical (unpaired) electrons. The minimum atomic E-state index is 0.0339. The van der Waals surface area contributed by atoms with Gasteiger partial charge in [-0.05, 0) is 60.3 Å². The van der Waals surface area contributed by atoms with Crippen molar-refractivity contribution in [2.45, 2.75) is 49.6 Å². The summed E-state index contributed by atoms with van der Waals surface area (Å²) in [5.41, 5.74) is 14.2. The van der Waals surface area contributed by atoms with Gasteiger partial charge in [0, 0.05) is 11.6 Å². The number of nitrogens with two attached hydrogens (primary N) is 2. The predicted octanol–water partition coefficient (Wildman–Crippen LogP) is 3.54. The van der Waals surface area contributed by atoms with Crippen molar-refractivity contribution < 1.29 is 0 Å². The van der Waals surface area contributed by atoms with Gasteiger partial charge in [-0.3, -0.25) is 0 Å². The standard InChI is InChI=1S/C19H24N2/c20-16-7-9-19(21,10-8-16)18-12-17(18)15-6-5-13-3-1-2-4-14(13)11-15/h1-6,11,16-18H,7-10,12,20-21H2. The molecule has 2 heteroatoms. The van der Waals surface area contributed by atoms with Crippen molar-refractivity contribution >= 4 is 10.8 Å². The Morgan fingerprint density at radius 2 is 1.67 bits per heavy atom. The van der Waals surface area contributed by atoms with E-state index >= 15 is 0 Å². The maximum Gasteiger partial charge on any atom is 0.0190 e. The van der Waals surface area contributed by atoms with Crippen molar-refractivity contribution in [3.05, 3.63) is 48.0 Å². The Morgan fingerprint density at radius 1 is 0.952 bits per heavy atom. The molecule has 2 aliphatic carbocycles. The van der Waals surface area contributed by atoms with Crippen molar-refractivity contribution in [2.24, 2.45) is 17.4 Å². The summed E-state index contributed by atoms with van der Waals surface area (Å²) >= 11 is 0. The van der Waals surface area contributed by atoms with Crippen LogP contribution in [0.5, 0.6) is 0 Å². The number of benzene rings is 2. The van der Waals surface area contributed by atoms with Gasteiger partial charge < -0.3 is 11.5 Å². The Kier molecular flexibility index (Phi) is 3.05. The Bertz CT molecular complexity index is 655. The number of fused-ring (bicyclic) bond motifs is 1. The highest BCUT2D eigenvalue weighted by Crippen LogP contribution is 2.56. The normalized spacial score (nSPS) is 35.8. The second kappa shape index (κ2) is 4.82. The smallest absolute Gasteiger partial charge is 0.0190 e. The van der Waals surface area contributed by atoms with E-state index in [1.54, 1.807) is 0 Å². The summed E-state index contributed by atoms with van der Waals surface area (Å²) in [6.07, 6.45) is 5.64. The molecule has 0 heterocycles. The minimum absolute atomic E-state index is 0.0339. The fourth-order valence-electron chi connectivity index (χ4n) is 4.19. The summed E-state index contributed by atoms with van der Waals surface area (Å²) in [4.78, 5) is 0. The predicted molar refractivity (Wildman–Crippen MR) is 88.2 cm³/mol. The molecule has 0 amide bonds. The van der Waals surface area contributed by atoms with Crippen LogP contribution in [-0.2, 0) is 0 Å². The lowest BCUT2D eigenvalue weighted by molar-refractivity contribution is 0.239. The first-order valence-electron chi connectivity index (χ1n) is 8.19. The molecular formula is C19H24N2. The van der Waals surface area contributed by atoms with Crippen LogP contribution in [0, 0.1) is 5.92 Å². The number of hydrogen-bond donors (Lipinski definition) is 2. The Hall–Kier alpha value is -1.38. The van der Waals surface area contributed by atoms with E-state index in [0.717, 1.165) is 25.7 Å². The molecule has 21 heavy (non-hydrogen) atoms. The van der Waals surface area contributed by atoms with Gasteiger partial charge in [0.05, 0.1) is 0 Å². The zero-order chi connectivity index (χ0) is 14.4. The van der Waals surface area contributed by atoms with E-state index < -0.39 is 0 Å². The van der Waals surface area contributed by atoms with E-state index in [1.165, 1.54) is 22.8 Å². The van der Waals surface area contributed by atoms with Crippen LogP contribution in [0.1, 0.15) is 43.6 Å². The molecule has 4 N–H and O–H groups in total. The number of hydrogen-bond acceptors (Lipinski definition) is 2. The third-order valence-corrected chi connectivity index (χ3v) is 5.69. The SMILES string of the molecule is NC1CCC(N)(C2CC2c2ccc3ccccc3c2)CC1. The molecule has 2 atom stereocenters. The molecule has 0 bridgehead atoms. The maximum atomic E-state index is 6.71. The van der Waals surface area contributed by atoms with Gasteiger partial charge in [0.2, 0.25) is 0 Å². The minimum Gasteiger partial charge on any atom is -0.328 e. The van der Waals surface area contributed by atoms with Gasteiger partial charge in [0.1, 0.15) is 0 Å². The van der Waals surface area contributed by atoms with E-state index in [9.17, 15) is 0 Å². The molecule has 2 fully saturated rings. The molecule has 2 unspecified atom stereocenters. The summed E-state index contributed by atoms with van der Waals surface area (Å²) in [5, 5.41) is 2.67. The van der Waals surface area contributed by atoms with Gasteiger partial charge in [0.15, 0.2) is 0 Å². The molecule has 2 aromatic rings. The fraction of sp³-hybridized carbons (Fsp3) is 0.474. The van der Waals surface area contributed by atoms with E-state index in [0.29, 0.717) is 17.9 Å². The Balaban J connectivity index is 1.55. The molecular weight excluding hydrogens is 256 g/mol. The van der Waals surface area contributed by atoms with E-state index in [2.05, 4.69) is 42.5 Å². The van der Waals surface area contributed by atoms with Crippen LogP contribution < -0.4 is 11.5 Å². The lowest BCUT2D eigenvalue weighted by atomic mass is 9.76. The van der Waals surface area contributed by atoms with E-state index in [-0.39, 0.29) is 5.54 Å². The van der Waals surface area contributed by atoms with Crippen LogP contribution in [0.2, 0.25) is 0 Å². The summed E-state index contributed by atoms with van der Waals surface area (Å²) in [7, 11) is 0. The average molecular weight is 280 g/mol. The highest BCUT2D eigenvalue weighted by Gasteiger charge is 2.51. The molecule has 0 aliphatic heterocycles. The van der Waals surface area contributed by atoms with Gasteiger partial charge in [-0.2, -0.15) is 0 Å². The second-order valence-electron chi connectivity index (χ2n) is 7.13. The highest BCUT2D eigenvalue weighted by atomic mass is 14.8.